The summed E-state index contributed by atoms with van der Waals surface area (Å²) in [6, 6.07) is 6.97. The lowest BCUT2D eigenvalue weighted by atomic mass is 9.88. The number of halogens is 1. The molecule has 0 radical (unpaired) electrons. The van der Waals surface area contributed by atoms with Crippen molar-refractivity contribution < 1.29 is 9.13 Å². The zero-order chi connectivity index (χ0) is 16.3. The molecule has 4 heteroatoms. The van der Waals surface area contributed by atoms with Gasteiger partial charge in [-0.05, 0) is 50.3 Å². The van der Waals surface area contributed by atoms with Crippen molar-refractivity contribution in [1.29, 1.82) is 0 Å². The van der Waals surface area contributed by atoms with Crippen LogP contribution in [-0.4, -0.2) is 54.7 Å². The SMILES string of the molecule is CC1(C)C[C@@H](CN2CCN(Cc3cccc(F)c3)CC2)CCO1. The van der Waals surface area contributed by atoms with Gasteiger partial charge >= 0.3 is 0 Å². The third kappa shape index (κ3) is 5.00. The van der Waals surface area contributed by atoms with Gasteiger partial charge in [-0.1, -0.05) is 12.1 Å². The maximum Gasteiger partial charge on any atom is 0.123 e. The van der Waals surface area contributed by atoms with Crippen LogP contribution in [0.25, 0.3) is 0 Å². The van der Waals surface area contributed by atoms with E-state index in [2.05, 4.69) is 23.6 Å². The van der Waals surface area contributed by atoms with E-state index in [-0.39, 0.29) is 11.4 Å². The molecule has 3 nitrogen and oxygen atoms in total. The van der Waals surface area contributed by atoms with Gasteiger partial charge in [0.2, 0.25) is 0 Å². The summed E-state index contributed by atoms with van der Waals surface area (Å²) in [7, 11) is 0. The van der Waals surface area contributed by atoms with Gasteiger partial charge in [0, 0.05) is 45.9 Å². The van der Waals surface area contributed by atoms with E-state index in [4.69, 9.17) is 4.74 Å². The number of hydrogen-bond acceptors (Lipinski definition) is 3. The van der Waals surface area contributed by atoms with Crippen molar-refractivity contribution in [3.63, 3.8) is 0 Å². The summed E-state index contributed by atoms with van der Waals surface area (Å²) < 4.78 is 19.1. The maximum atomic E-state index is 13.3. The van der Waals surface area contributed by atoms with Crippen LogP contribution in [0, 0.1) is 11.7 Å². The minimum atomic E-state index is -0.136. The monoisotopic (exact) mass is 320 g/mol. The van der Waals surface area contributed by atoms with Crippen LogP contribution in [0.3, 0.4) is 0 Å². The molecule has 0 amide bonds. The number of hydrogen-bond donors (Lipinski definition) is 0. The first-order valence-electron chi connectivity index (χ1n) is 8.83. The fraction of sp³-hybridized carbons (Fsp3) is 0.684. The maximum absolute atomic E-state index is 13.3. The van der Waals surface area contributed by atoms with Crippen LogP contribution in [0.15, 0.2) is 24.3 Å². The molecule has 2 fully saturated rings. The van der Waals surface area contributed by atoms with Crippen LogP contribution in [0.5, 0.6) is 0 Å². The molecule has 3 rings (SSSR count). The van der Waals surface area contributed by atoms with Crippen LogP contribution in [0.2, 0.25) is 0 Å². The van der Waals surface area contributed by atoms with E-state index in [1.165, 1.54) is 19.0 Å². The Hall–Kier alpha value is -0.970. The van der Waals surface area contributed by atoms with Crippen LogP contribution in [0.4, 0.5) is 4.39 Å². The summed E-state index contributed by atoms with van der Waals surface area (Å²) in [5.74, 6) is 0.622. The van der Waals surface area contributed by atoms with Crippen molar-refractivity contribution >= 4 is 0 Å². The van der Waals surface area contributed by atoms with Gasteiger partial charge in [-0.3, -0.25) is 4.90 Å². The van der Waals surface area contributed by atoms with E-state index in [9.17, 15) is 4.39 Å². The summed E-state index contributed by atoms with van der Waals surface area (Å²) in [6.45, 7) is 11.7. The minimum Gasteiger partial charge on any atom is -0.376 e. The van der Waals surface area contributed by atoms with E-state index in [1.807, 2.05) is 6.07 Å². The van der Waals surface area contributed by atoms with Gasteiger partial charge in [0.25, 0.3) is 0 Å². The number of rotatable bonds is 4. The van der Waals surface area contributed by atoms with E-state index >= 15 is 0 Å². The Kier molecular flexibility index (Phi) is 5.34. The lowest BCUT2D eigenvalue weighted by Gasteiger charge is -2.40. The van der Waals surface area contributed by atoms with Crippen LogP contribution in [0.1, 0.15) is 32.3 Å². The Morgan fingerprint density at radius 1 is 1.17 bits per heavy atom. The van der Waals surface area contributed by atoms with Gasteiger partial charge in [-0.15, -0.1) is 0 Å². The van der Waals surface area contributed by atoms with Crippen LogP contribution in [-0.2, 0) is 11.3 Å². The zero-order valence-corrected chi connectivity index (χ0v) is 14.4. The lowest BCUT2D eigenvalue weighted by molar-refractivity contribution is -0.0781. The highest BCUT2D eigenvalue weighted by molar-refractivity contribution is 5.16. The Morgan fingerprint density at radius 3 is 2.61 bits per heavy atom. The Labute approximate surface area is 139 Å². The number of ether oxygens (including phenoxy) is 1. The van der Waals surface area contributed by atoms with Crippen molar-refractivity contribution in [2.45, 2.75) is 38.8 Å². The zero-order valence-electron chi connectivity index (χ0n) is 14.4. The van der Waals surface area contributed by atoms with Gasteiger partial charge in [0.05, 0.1) is 5.60 Å². The Balaban J connectivity index is 1.43. The molecule has 128 valence electrons. The third-order valence-corrected chi connectivity index (χ3v) is 5.08. The third-order valence-electron chi connectivity index (χ3n) is 5.08. The fourth-order valence-corrected chi connectivity index (χ4v) is 3.90. The predicted octanol–water partition coefficient (Wildman–Crippen LogP) is 3.15. The molecule has 23 heavy (non-hydrogen) atoms. The van der Waals surface area contributed by atoms with Gasteiger partial charge in [-0.2, -0.15) is 0 Å². The van der Waals surface area contributed by atoms with Crippen molar-refractivity contribution in [2.75, 3.05) is 39.3 Å². The molecular weight excluding hydrogens is 291 g/mol. The molecule has 0 spiro atoms. The Bertz CT molecular complexity index is 512. The van der Waals surface area contributed by atoms with Crippen molar-refractivity contribution in [3.8, 4) is 0 Å². The second-order valence-electron chi connectivity index (χ2n) is 7.67. The number of piperazine rings is 1. The quantitative estimate of drug-likeness (QED) is 0.847. The average molecular weight is 320 g/mol. The molecule has 0 aromatic heterocycles. The summed E-state index contributed by atoms with van der Waals surface area (Å²) in [4.78, 5) is 5.02. The molecule has 0 N–H and O–H groups in total. The molecule has 2 heterocycles. The molecule has 0 aliphatic carbocycles. The Morgan fingerprint density at radius 2 is 1.91 bits per heavy atom. The second-order valence-corrected chi connectivity index (χ2v) is 7.67. The van der Waals surface area contributed by atoms with E-state index in [1.54, 1.807) is 12.1 Å². The standard InChI is InChI=1S/C19H29FN2O/c1-19(2)13-17(6-11-23-19)15-22-9-7-21(8-10-22)14-16-4-3-5-18(20)12-16/h3-5,12,17H,6-11,13-15H2,1-2H3/t17-/m0/s1. The summed E-state index contributed by atoms with van der Waals surface area (Å²) in [6.07, 6.45) is 2.35. The number of benzene rings is 1. The lowest BCUT2D eigenvalue weighted by Crippen LogP contribution is -2.48. The number of nitrogens with zero attached hydrogens (tertiary/aromatic N) is 2. The van der Waals surface area contributed by atoms with Crippen LogP contribution >= 0.6 is 0 Å². The molecule has 0 unspecified atom stereocenters. The van der Waals surface area contributed by atoms with Crippen LogP contribution < -0.4 is 0 Å². The van der Waals surface area contributed by atoms with E-state index < -0.39 is 0 Å². The van der Waals surface area contributed by atoms with Gasteiger partial charge in [0.15, 0.2) is 0 Å². The first-order chi connectivity index (χ1) is 11.0. The topological polar surface area (TPSA) is 15.7 Å². The minimum absolute atomic E-state index is 0.0438. The first kappa shape index (κ1) is 16.9. The van der Waals surface area contributed by atoms with Gasteiger partial charge in [0.1, 0.15) is 5.82 Å². The highest BCUT2D eigenvalue weighted by Gasteiger charge is 2.30. The van der Waals surface area contributed by atoms with E-state index in [0.29, 0.717) is 0 Å². The molecule has 0 bridgehead atoms. The predicted molar refractivity (Wildman–Crippen MR) is 90.9 cm³/mol. The first-order valence-corrected chi connectivity index (χ1v) is 8.83. The second kappa shape index (κ2) is 7.29. The van der Waals surface area contributed by atoms with E-state index in [0.717, 1.165) is 57.2 Å². The van der Waals surface area contributed by atoms with Gasteiger partial charge in [-0.25, -0.2) is 4.39 Å². The molecule has 2 aliphatic heterocycles. The molecule has 1 aromatic rings. The van der Waals surface area contributed by atoms with Gasteiger partial charge < -0.3 is 9.64 Å². The highest BCUT2D eigenvalue weighted by atomic mass is 19.1. The normalized spacial score (nSPS) is 26.3. The summed E-state index contributed by atoms with van der Waals surface area (Å²) in [5.41, 5.74) is 1.12. The largest absolute Gasteiger partial charge is 0.376 e. The molecule has 0 saturated carbocycles. The van der Waals surface area contributed by atoms with Crippen molar-refractivity contribution in [3.05, 3.63) is 35.6 Å². The van der Waals surface area contributed by atoms with Crippen molar-refractivity contribution in [1.82, 2.24) is 9.80 Å². The average Bonchev–Trinajstić information content (AvgIpc) is 2.48. The summed E-state index contributed by atoms with van der Waals surface area (Å²) in [5, 5.41) is 0. The summed E-state index contributed by atoms with van der Waals surface area (Å²) >= 11 is 0. The molecular formula is C19H29FN2O. The smallest absolute Gasteiger partial charge is 0.123 e. The highest BCUT2D eigenvalue weighted by Crippen LogP contribution is 2.29. The molecule has 2 saturated heterocycles. The molecule has 1 atom stereocenters. The molecule has 1 aromatic carbocycles. The van der Waals surface area contributed by atoms with Crippen molar-refractivity contribution in [2.24, 2.45) is 5.92 Å². The molecule has 2 aliphatic rings. The fourth-order valence-electron chi connectivity index (χ4n) is 3.90.